The molecule has 0 spiro atoms. The number of rotatable bonds is 8. The highest BCUT2D eigenvalue weighted by Gasteiger charge is 2.21. The quantitative estimate of drug-likeness (QED) is 0.756. The van der Waals surface area contributed by atoms with Crippen molar-refractivity contribution in [3.8, 4) is 11.4 Å². The van der Waals surface area contributed by atoms with Gasteiger partial charge in [-0.3, -0.25) is 4.79 Å². The van der Waals surface area contributed by atoms with Crippen LogP contribution in [0.4, 0.5) is 8.78 Å². The lowest BCUT2D eigenvalue weighted by Crippen LogP contribution is -2.40. The van der Waals surface area contributed by atoms with Crippen molar-refractivity contribution < 1.29 is 28.0 Å². The average molecular weight is 353 g/mol. The van der Waals surface area contributed by atoms with E-state index in [9.17, 15) is 18.4 Å². The third-order valence-electron chi connectivity index (χ3n) is 3.48. The number of carboxylic acid groups (broad SMARTS) is 1. The zero-order valence-corrected chi connectivity index (χ0v) is 13.4. The first-order valence-corrected chi connectivity index (χ1v) is 7.68. The molecule has 1 unspecified atom stereocenters. The van der Waals surface area contributed by atoms with E-state index < -0.39 is 30.2 Å². The first-order chi connectivity index (χ1) is 11.9. The molecular formula is C16H17F2N3O4. The molecule has 2 aromatic rings. The van der Waals surface area contributed by atoms with Gasteiger partial charge >= 0.3 is 12.4 Å². The second kappa shape index (κ2) is 8.32. The monoisotopic (exact) mass is 353 g/mol. The van der Waals surface area contributed by atoms with Crippen LogP contribution < -0.4 is 5.32 Å². The summed E-state index contributed by atoms with van der Waals surface area (Å²) in [6.07, 6.45) is -1.02. The highest BCUT2D eigenvalue weighted by Crippen LogP contribution is 2.21. The van der Waals surface area contributed by atoms with Gasteiger partial charge in [0.25, 0.3) is 11.8 Å². The van der Waals surface area contributed by atoms with Crippen LogP contribution in [0.1, 0.15) is 48.9 Å². The van der Waals surface area contributed by atoms with Crippen LogP contribution in [-0.4, -0.2) is 33.2 Å². The molecule has 1 amide bonds. The Morgan fingerprint density at radius 1 is 1.28 bits per heavy atom. The van der Waals surface area contributed by atoms with E-state index in [1.54, 1.807) is 0 Å². The molecule has 0 aliphatic rings. The van der Waals surface area contributed by atoms with Crippen LogP contribution in [0.2, 0.25) is 0 Å². The number of hydrogen-bond acceptors (Lipinski definition) is 5. The number of carbonyl (C=O) groups is 2. The Morgan fingerprint density at radius 2 is 1.96 bits per heavy atom. The molecule has 0 aliphatic heterocycles. The summed E-state index contributed by atoms with van der Waals surface area (Å²) in [5.41, 5.74) is 0.636. The van der Waals surface area contributed by atoms with Crippen LogP contribution in [0, 0.1) is 0 Å². The Hall–Kier alpha value is -2.84. The van der Waals surface area contributed by atoms with Crippen molar-refractivity contribution >= 4 is 11.9 Å². The number of halogens is 2. The van der Waals surface area contributed by atoms with Crippen LogP contribution in [0.25, 0.3) is 11.4 Å². The van der Waals surface area contributed by atoms with Crippen molar-refractivity contribution in [2.75, 3.05) is 0 Å². The van der Waals surface area contributed by atoms with E-state index in [0.717, 1.165) is 6.42 Å². The van der Waals surface area contributed by atoms with Gasteiger partial charge in [-0.05, 0) is 18.6 Å². The summed E-state index contributed by atoms with van der Waals surface area (Å²) in [4.78, 5) is 26.9. The molecule has 1 heterocycles. The van der Waals surface area contributed by atoms with Crippen LogP contribution in [0.5, 0.6) is 0 Å². The number of hydrogen-bond donors (Lipinski definition) is 2. The number of aliphatic carboxylic acids is 1. The molecular weight excluding hydrogens is 336 g/mol. The smallest absolute Gasteiger partial charge is 0.326 e. The van der Waals surface area contributed by atoms with Gasteiger partial charge in [0.2, 0.25) is 5.82 Å². The van der Waals surface area contributed by atoms with E-state index in [1.807, 2.05) is 6.92 Å². The van der Waals surface area contributed by atoms with E-state index in [0.29, 0.717) is 18.4 Å². The molecule has 1 aromatic heterocycles. The highest BCUT2D eigenvalue weighted by molar-refractivity contribution is 5.96. The highest BCUT2D eigenvalue weighted by atomic mass is 19.3. The van der Waals surface area contributed by atoms with E-state index in [4.69, 9.17) is 5.11 Å². The molecule has 0 bridgehead atoms. The Morgan fingerprint density at radius 3 is 2.48 bits per heavy atom. The van der Waals surface area contributed by atoms with Crippen molar-refractivity contribution in [3.05, 3.63) is 35.7 Å². The van der Waals surface area contributed by atoms with Crippen molar-refractivity contribution in [1.82, 2.24) is 15.5 Å². The first-order valence-electron chi connectivity index (χ1n) is 7.68. The third-order valence-corrected chi connectivity index (χ3v) is 3.48. The minimum absolute atomic E-state index is 0.0198. The largest absolute Gasteiger partial charge is 0.480 e. The summed E-state index contributed by atoms with van der Waals surface area (Å²) in [6.45, 7) is 1.93. The van der Waals surface area contributed by atoms with Crippen LogP contribution in [0.3, 0.4) is 0 Å². The lowest BCUT2D eigenvalue weighted by Gasteiger charge is -2.14. The standard InChI is InChI=1S/C16H17F2N3O4/c1-2-3-4-11(16(23)24)19-14(22)10-7-5-9(6-8-10)13-20-15(12(17)18)25-21-13/h5-8,11-12H,2-4H2,1H3,(H,19,22)(H,23,24). The Bertz CT molecular complexity index is 731. The zero-order valence-electron chi connectivity index (χ0n) is 13.4. The summed E-state index contributed by atoms with van der Waals surface area (Å²) in [5, 5.41) is 15.0. The maximum atomic E-state index is 12.4. The summed E-state index contributed by atoms with van der Waals surface area (Å²) in [7, 11) is 0. The van der Waals surface area contributed by atoms with Gasteiger partial charge in [0.1, 0.15) is 6.04 Å². The summed E-state index contributed by atoms with van der Waals surface area (Å²) in [5.74, 6) is -2.42. The zero-order chi connectivity index (χ0) is 18.4. The molecule has 25 heavy (non-hydrogen) atoms. The molecule has 1 atom stereocenters. The number of alkyl halides is 2. The Kier molecular flexibility index (Phi) is 6.15. The van der Waals surface area contributed by atoms with Gasteiger partial charge in [0.05, 0.1) is 0 Å². The van der Waals surface area contributed by atoms with Gasteiger partial charge in [-0.15, -0.1) is 0 Å². The molecule has 7 nitrogen and oxygen atoms in total. The van der Waals surface area contributed by atoms with Gasteiger partial charge in [0, 0.05) is 11.1 Å². The molecule has 1 aromatic carbocycles. The van der Waals surface area contributed by atoms with Crippen LogP contribution >= 0.6 is 0 Å². The fraction of sp³-hybridized carbons (Fsp3) is 0.375. The third kappa shape index (κ3) is 4.82. The molecule has 0 saturated heterocycles. The molecule has 0 saturated carbocycles. The number of nitrogens with one attached hydrogen (secondary N) is 1. The Balaban J connectivity index is 2.07. The minimum atomic E-state index is -2.86. The minimum Gasteiger partial charge on any atom is -0.480 e. The summed E-state index contributed by atoms with van der Waals surface area (Å²) >= 11 is 0. The predicted octanol–water partition coefficient (Wildman–Crippen LogP) is 3.05. The van der Waals surface area contributed by atoms with Gasteiger partial charge in [-0.2, -0.15) is 13.8 Å². The second-order valence-electron chi connectivity index (χ2n) is 5.34. The molecule has 0 radical (unpaired) electrons. The lowest BCUT2D eigenvalue weighted by molar-refractivity contribution is -0.139. The van der Waals surface area contributed by atoms with Crippen LogP contribution in [-0.2, 0) is 4.79 Å². The maximum Gasteiger partial charge on any atom is 0.326 e. The van der Waals surface area contributed by atoms with Crippen molar-refractivity contribution in [3.63, 3.8) is 0 Å². The number of carboxylic acids is 1. The van der Waals surface area contributed by atoms with Gasteiger partial charge in [-0.1, -0.05) is 37.1 Å². The van der Waals surface area contributed by atoms with Gasteiger partial charge < -0.3 is 14.9 Å². The normalized spacial score (nSPS) is 12.2. The molecule has 2 rings (SSSR count). The number of nitrogens with zero attached hydrogens (tertiary/aromatic N) is 2. The topological polar surface area (TPSA) is 105 Å². The number of aromatic nitrogens is 2. The maximum absolute atomic E-state index is 12.4. The molecule has 9 heteroatoms. The van der Waals surface area contributed by atoms with E-state index >= 15 is 0 Å². The first kappa shape index (κ1) is 18.5. The average Bonchev–Trinajstić information content (AvgIpc) is 3.08. The fourth-order valence-electron chi connectivity index (χ4n) is 2.12. The second-order valence-corrected chi connectivity index (χ2v) is 5.34. The number of carbonyl (C=O) groups excluding carboxylic acids is 1. The van der Waals surface area contributed by atoms with E-state index in [-0.39, 0.29) is 11.4 Å². The lowest BCUT2D eigenvalue weighted by atomic mass is 10.1. The van der Waals surface area contributed by atoms with Gasteiger partial charge in [0.15, 0.2) is 0 Å². The summed E-state index contributed by atoms with van der Waals surface area (Å²) in [6, 6.07) is 4.84. The number of unbranched alkanes of at least 4 members (excludes halogenated alkanes) is 1. The van der Waals surface area contributed by atoms with E-state index in [2.05, 4.69) is 20.0 Å². The molecule has 0 fully saturated rings. The predicted molar refractivity (Wildman–Crippen MR) is 83.1 cm³/mol. The summed E-state index contributed by atoms with van der Waals surface area (Å²) < 4.78 is 29.3. The Labute approximate surface area is 142 Å². The van der Waals surface area contributed by atoms with Crippen molar-refractivity contribution in [2.45, 2.75) is 38.7 Å². The molecule has 134 valence electrons. The molecule has 0 aliphatic carbocycles. The van der Waals surface area contributed by atoms with Crippen LogP contribution in [0.15, 0.2) is 28.8 Å². The van der Waals surface area contributed by atoms with Crippen molar-refractivity contribution in [1.29, 1.82) is 0 Å². The number of benzene rings is 1. The van der Waals surface area contributed by atoms with E-state index in [1.165, 1.54) is 24.3 Å². The molecule has 2 N–H and O–H groups in total. The number of amides is 1. The van der Waals surface area contributed by atoms with Crippen molar-refractivity contribution in [2.24, 2.45) is 0 Å². The fourth-order valence-corrected chi connectivity index (χ4v) is 2.12. The SMILES string of the molecule is CCCCC(NC(=O)c1ccc(-c2noc(C(F)F)n2)cc1)C(=O)O. The van der Waals surface area contributed by atoms with Gasteiger partial charge in [-0.25, -0.2) is 4.79 Å².